The van der Waals surface area contributed by atoms with E-state index in [0.29, 0.717) is 41.5 Å². The van der Waals surface area contributed by atoms with Gasteiger partial charge in [0, 0.05) is 6.08 Å². The predicted molar refractivity (Wildman–Crippen MR) is 101 cm³/mol. The van der Waals surface area contributed by atoms with Crippen LogP contribution in [-0.2, 0) is 5.54 Å². The molecule has 7 heteroatoms. The summed E-state index contributed by atoms with van der Waals surface area (Å²) in [5, 5.41) is 4.51. The second-order valence-corrected chi connectivity index (χ2v) is 6.82. The van der Waals surface area contributed by atoms with Crippen LogP contribution in [0.15, 0.2) is 16.7 Å². The summed E-state index contributed by atoms with van der Waals surface area (Å²) in [4.78, 5) is 4.38. The summed E-state index contributed by atoms with van der Waals surface area (Å²) in [6.45, 7) is 5.07. The number of halogens is 1. The average Bonchev–Trinajstić information content (AvgIpc) is 3.07. The Bertz CT molecular complexity index is 784. The van der Waals surface area contributed by atoms with E-state index >= 15 is 0 Å². The Morgan fingerprint density at radius 3 is 2.73 bits per heavy atom. The Kier molecular flexibility index (Phi) is 5.84. The second-order valence-electron chi connectivity index (χ2n) is 6.41. The van der Waals surface area contributed by atoms with Gasteiger partial charge in [-0.1, -0.05) is 23.7 Å². The smallest absolute Gasteiger partial charge is 0.250 e. The van der Waals surface area contributed by atoms with Gasteiger partial charge in [-0.05, 0) is 56.4 Å². The van der Waals surface area contributed by atoms with Crippen molar-refractivity contribution in [1.82, 2.24) is 10.1 Å². The average molecular weight is 378 g/mol. The number of hydrogen-bond donors (Lipinski definition) is 1. The molecule has 3 rings (SSSR count). The molecule has 2 N–H and O–H groups in total. The minimum absolute atomic E-state index is 0.414. The highest BCUT2D eigenvalue weighted by Crippen LogP contribution is 2.38. The van der Waals surface area contributed by atoms with Gasteiger partial charge >= 0.3 is 0 Å². The Hall–Kier alpha value is -2.05. The van der Waals surface area contributed by atoms with Gasteiger partial charge in [0.25, 0.3) is 5.89 Å². The van der Waals surface area contributed by atoms with Gasteiger partial charge in [0.15, 0.2) is 17.3 Å². The molecule has 1 saturated carbocycles. The van der Waals surface area contributed by atoms with Gasteiger partial charge in [0.1, 0.15) is 0 Å². The van der Waals surface area contributed by atoms with E-state index in [1.54, 1.807) is 6.08 Å². The molecule has 140 valence electrons. The number of benzene rings is 1. The summed E-state index contributed by atoms with van der Waals surface area (Å²) >= 11 is 6.37. The summed E-state index contributed by atoms with van der Waals surface area (Å²) in [5.41, 5.74) is 6.64. The molecule has 0 bridgehead atoms. The highest BCUT2D eigenvalue weighted by molar-refractivity contribution is 6.32. The first-order valence-electron chi connectivity index (χ1n) is 8.96. The fraction of sp³-hybridized carbons (Fsp3) is 0.474. The fourth-order valence-electron chi connectivity index (χ4n) is 2.75. The van der Waals surface area contributed by atoms with E-state index in [1.807, 2.05) is 32.1 Å². The molecule has 1 aliphatic carbocycles. The van der Waals surface area contributed by atoms with Crippen LogP contribution in [0.4, 0.5) is 0 Å². The van der Waals surface area contributed by atoms with E-state index in [9.17, 15) is 0 Å². The summed E-state index contributed by atoms with van der Waals surface area (Å²) in [7, 11) is 0. The number of nitrogens with two attached hydrogens (primary N) is 1. The van der Waals surface area contributed by atoms with Crippen molar-refractivity contribution in [3.63, 3.8) is 0 Å². The van der Waals surface area contributed by atoms with Crippen molar-refractivity contribution in [2.24, 2.45) is 5.73 Å². The SMILES string of the molecule is CCCOc1c(Cl)cc(/C=C/c2nc(C3(N)CCC3)no2)cc1OCC. The van der Waals surface area contributed by atoms with Crippen molar-refractivity contribution >= 4 is 23.8 Å². The zero-order valence-corrected chi connectivity index (χ0v) is 15.9. The third-order valence-corrected chi connectivity index (χ3v) is 4.61. The minimum Gasteiger partial charge on any atom is -0.490 e. The first kappa shape index (κ1) is 18.7. The number of rotatable bonds is 8. The maximum Gasteiger partial charge on any atom is 0.250 e. The van der Waals surface area contributed by atoms with Gasteiger partial charge in [0.05, 0.1) is 23.8 Å². The van der Waals surface area contributed by atoms with E-state index in [1.165, 1.54) is 0 Å². The van der Waals surface area contributed by atoms with Gasteiger partial charge in [-0.2, -0.15) is 4.98 Å². The minimum atomic E-state index is -0.431. The van der Waals surface area contributed by atoms with E-state index in [-0.39, 0.29) is 0 Å². The molecular formula is C19H24ClN3O3. The van der Waals surface area contributed by atoms with Crippen LogP contribution >= 0.6 is 11.6 Å². The van der Waals surface area contributed by atoms with Gasteiger partial charge in [-0.3, -0.25) is 0 Å². The van der Waals surface area contributed by atoms with Crippen molar-refractivity contribution in [3.8, 4) is 11.5 Å². The van der Waals surface area contributed by atoms with Crippen LogP contribution in [0.5, 0.6) is 11.5 Å². The monoisotopic (exact) mass is 377 g/mol. The topological polar surface area (TPSA) is 83.4 Å². The molecule has 1 aliphatic rings. The van der Waals surface area contributed by atoms with E-state index in [2.05, 4.69) is 10.1 Å². The lowest BCUT2D eigenvalue weighted by molar-refractivity contribution is 0.229. The molecule has 1 heterocycles. The first-order valence-corrected chi connectivity index (χ1v) is 9.34. The third kappa shape index (κ3) is 4.02. The van der Waals surface area contributed by atoms with E-state index in [4.69, 9.17) is 31.3 Å². The third-order valence-electron chi connectivity index (χ3n) is 4.33. The molecular weight excluding hydrogens is 354 g/mol. The van der Waals surface area contributed by atoms with E-state index in [0.717, 1.165) is 31.2 Å². The van der Waals surface area contributed by atoms with Crippen LogP contribution in [0.2, 0.25) is 5.02 Å². The zero-order valence-electron chi connectivity index (χ0n) is 15.1. The number of ether oxygens (including phenoxy) is 2. The summed E-state index contributed by atoms with van der Waals surface area (Å²) in [6, 6.07) is 3.70. The van der Waals surface area contributed by atoms with Crippen LogP contribution < -0.4 is 15.2 Å². The van der Waals surface area contributed by atoms with Crippen LogP contribution in [0, 0.1) is 0 Å². The zero-order chi connectivity index (χ0) is 18.6. The van der Waals surface area contributed by atoms with Crippen LogP contribution in [0.25, 0.3) is 12.2 Å². The Morgan fingerprint density at radius 1 is 1.27 bits per heavy atom. The molecule has 0 spiro atoms. The quantitative estimate of drug-likeness (QED) is 0.733. The molecule has 0 unspecified atom stereocenters. The molecule has 1 aromatic heterocycles. The molecule has 6 nitrogen and oxygen atoms in total. The van der Waals surface area contributed by atoms with Crippen molar-refractivity contribution in [1.29, 1.82) is 0 Å². The first-order chi connectivity index (χ1) is 12.6. The molecule has 26 heavy (non-hydrogen) atoms. The van der Waals surface area contributed by atoms with Crippen molar-refractivity contribution in [2.45, 2.75) is 45.1 Å². The standard InChI is InChI=1S/C19H24ClN3O3/c1-3-10-25-17-14(20)11-13(12-15(17)24-4-2)6-7-16-22-18(23-26-16)19(21)8-5-9-19/h6-7,11-12H,3-5,8-10,21H2,1-2H3/b7-6+. The molecule has 1 aromatic carbocycles. The second kappa shape index (κ2) is 8.10. The molecule has 2 aromatic rings. The Labute approximate surface area is 158 Å². The summed E-state index contributed by atoms with van der Waals surface area (Å²) < 4.78 is 16.7. The number of aromatic nitrogens is 2. The largest absolute Gasteiger partial charge is 0.490 e. The van der Waals surface area contributed by atoms with Gasteiger partial charge in [0.2, 0.25) is 0 Å². The van der Waals surface area contributed by atoms with Gasteiger partial charge in [-0.15, -0.1) is 0 Å². The molecule has 0 saturated heterocycles. The molecule has 0 radical (unpaired) electrons. The van der Waals surface area contributed by atoms with Gasteiger partial charge < -0.3 is 19.7 Å². The Balaban J connectivity index is 1.79. The fourth-order valence-corrected chi connectivity index (χ4v) is 3.02. The molecule has 0 aliphatic heterocycles. The summed E-state index contributed by atoms with van der Waals surface area (Å²) in [6.07, 6.45) is 7.36. The highest BCUT2D eigenvalue weighted by atomic mass is 35.5. The maximum atomic E-state index is 6.37. The number of hydrogen-bond acceptors (Lipinski definition) is 6. The van der Waals surface area contributed by atoms with Crippen LogP contribution in [0.3, 0.4) is 0 Å². The predicted octanol–water partition coefficient (Wildman–Crippen LogP) is 4.42. The highest BCUT2D eigenvalue weighted by Gasteiger charge is 2.38. The molecule has 1 fully saturated rings. The van der Waals surface area contributed by atoms with E-state index < -0.39 is 5.54 Å². The number of nitrogens with zero attached hydrogens (tertiary/aromatic N) is 2. The van der Waals surface area contributed by atoms with Crippen molar-refractivity contribution in [3.05, 3.63) is 34.4 Å². The maximum absolute atomic E-state index is 6.37. The lowest BCUT2D eigenvalue weighted by Gasteiger charge is -2.34. The van der Waals surface area contributed by atoms with Crippen LogP contribution in [-0.4, -0.2) is 23.4 Å². The Morgan fingerprint density at radius 2 is 2.08 bits per heavy atom. The van der Waals surface area contributed by atoms with Crippen LogP contribution in [0.1, 0.15) is 56.8 Å². The van der Waals surface area contributed by atoms with Crippen molar-refractivity contribution < 1.29 is 14.0 Å². The van der Waals surface area contributed by atoms with Gasteiger partial charge in [-0.25, -0.2) is 0 Å². The normalized spacial score (nSPS) is 15.8. The lowest BCUT2D eigenvalue weighted by atomic mass is 9.77. The van der Waals surface area contributed by atoms with Crippen molar-refractivity contribution in [2.75, 3.05) is 13.2 Å². The lowest BCUT2D eigenvalue weighted by Crippen LogP contribution is -2.44. The molecule has 0 atom stereocenters. The molecule has 0 amide bonds. The summed E-state index contributed by atoms with van der Waals surface area (Å²) in [5.74, 6) is 2.18.